The molecule has 1 aromatic rings. The van der Waals surface area contributed by atoms with E-state index in [1.54, 1.807) is 12.1 Å². The molecule has 5 nitrogen and oxygen atoms in total. The van der Waals surface area contributed by atoms with Gasteiger partial charge in [0.1, 0.15) is 10.6 Å². The third-order valence-corrected chi connectivity index (χ3v) is 5.52. The molecule has 0 aromatic heterocycles. The number of methoxy groups -OCH3 is 1. The van der Waals surface area contributed by atoms with Gasteiger partial charge in [0.05, 0.1) is 13.7 Å². The number of rotatable bonds is 7. The lowest BCUT2D eigenvalue weighted by Crippen LogP contribution is -2.38. The van der Waals surface area contributed by atoms with Gasteiger partial charge in [0.25, 0.3) is 0 Å². The van der Waals surface area contributed by atoms with Crippen molar-refractivity contribution in [2.24, 2.45) is 0 Å². The van der Waals surface area contributed by atoms with Gasteiger partial charge < -0.3 is 9.84 Å². The van der Waals surface area contributed by atoms with Crippen LogP contribution in [0, 0.1) is 0 Å². The second kappa shape index (κ2) is 7.06. The number of hydrogen-bond donors (Lipinski definition) is 1. The Kier molecular flexibility index (Phi) is 5.98. The first kappa shape index (κ1) is 16.9. The van der Waals surface area contributed by atoms with Gasteiger partial charge in [-0.1, -0.05) is 19.9 Å². The molecule has 0 aliphatic rings. The van der Waals surface area contributed by atoms with Crippen LogP contribution in [-0.4, -0.2) is 37.5 Å². The van der Waals surface area contributed by atoms with Crippen LogP contribution in [0.2, 0.25) is 0 Å². The summed E-state index contributed by atoms with van der Waals surface area (Å²) < 4.78 is 32.1. The van der Waals surface area contributed by atoms with Crippen LogP contribution in [0.5, 0.6) is 5.75 Å². The highest BCUT2D eigenvalue weighted by Gasteiger charge is 2.29. The van der Waals surface area contributed by atoms with E-state index in [1.165, 1.54) is 17.5 Å². The van der Waals surface area contributed by atoms with Crippen LogP contribution < -0.4 is 4.74 Å². The zero-order valence-electron chi connectivity index (χ0n) is 12.5. The summed E-state index contributed by atoms with van der Waals surface area (Å²) in [5.41, 5.74) is 0.618. The maximum absolute atomic E-state index is 12.7. The Bertz CT molecular complexity index is 542. The van der Waals surface area contributed by atoms with E-state index in [9.17, 15) is 8.42 Å². The summed E-state index contributed by atoms with van der Waals surface area (Å²) in [6, 6.07) is 4.56. The van der Waals surface area contributed by atoms with E-state index in [2.05, 4.69) is 0 Å². The molecule has 0 aliphatic carbocycles. The van der Waals surface area contributed by atoms with Crippen LogP contribution in [0.4, 0.5) is 0 Å². The minimum atomic E-state index is -3.60. The predicted molar refractivity (Wildman–Crippen MR) is 78.2 cm³/mol. The number of aliphatic hydroxyl groups excluding tert-OH is 1. The van der Waals surface area contributed by atoms with Crippen LogP contribution in [0.15, 0.2) is 23.1 Å². The molecule has 0 amide bonds. The lowest BCUT2D eigenvalue weighted by atomic mass is 10.2. The molecule has 1 unspecified atom stereocenters. The summed E-state index contributed by atoms with van der Waals surface area (Å²) in [5, 5.41) is 9.12. The Labute approximate surface area is 121 Å². The van der Waals surface area contributed by atoms with Crippen molar-refractivity contribution in [1.29, 1.82) is 0 Å². The fraction of sp³-hybridized carbons (Fsp3) is 0.571. The second-order valence-corrected chi connectivity index (χ2v) is 6.47. The van der Waals surface area contributed by atoms with Crippen molar-refractivity contribution < 1.29 is 18.3 Å². The molecule has 1 aromatic carbocycles. The van der Waals surface area contributed by atoms with Crippen LogP contribution in [-0.2, 0) is 16.6 Å². The van der Waals surface area contributed by atoms with Crippen LogP contribution in [0.25, 0.3) is 0 Å². The zero-order chi connectivity index (χ0) is 15.3. The van der Waals surface area contributed by atoms with Crippen LogP contribution in [0.3, 0.4) is 0 Å². The van der Waals surface area contributed by atoms with Crippen LogP contribution >= 0.6 is 0 Å². The Morgan fingerprint density at radius 3 is 2.45 bits per heavy atom. The van der Waals surface area contributed by atoms with Crippen molar-refractivity contribution in [3.05, 3.63) is 23.8 Å². The number of sulfonamides is 1. The van der Waals surface area contributed by atoms with E-state index in [0.29, 0.717) is 12.1 Å². The summed E-state index contributed by atoms with van der Waals surface area (Å²) in [7, 11) is -2.18. The maximum Gasteiger partial charge on any atom is 0.246 e. The molecule has 6 heteroatoms. The van der Waals surface area contributed by atoms with Gasteiger partial charge in [-0.25, -0.2) is 8.42 Å². The Hall–Kier alpha value is -1.11. The molecule has 0 radical (unpaired) electrons. The molecule has 0 saturated heterocycles. The minimum absolute atomic E-state index is 0.0766. The third-order valence-electron chi connectivity index (χ3n) is 3.39. The molecule has 1 N–H and O–H groups in total. The van der Waals surface area contributed by atoms with Gasteiger partial charge in [-0.3, -0.25) is 0 Å². The largest absolute Gasteiger partial charge is 0.495 e. The predicted octanol–water partition coefficient (Wildman–Crippen LogP) is 2.00. The van der Waals surface area contributed by atoms with Gasteiger partial charge in [-0.05, 0) is 31.0 Å². The Balaban J connectivity index is 3.33. The fourth-order valence-electron chi connectivity index (χ4n) is 2.07. The monoisotopic (exact) mass is 301 g/mol. The molecule has 0 saturated carbocycles. The van der Waals surface area contributed by atoms with E-state index < -0.39 is 10.0 Å². The van der Waals surface area contributed by atoms with Gasteiger partial charge in [-0.15, -0.1) is 0 Å². The first-order valence-electron chi connectivity index (χ1n) is 6.71. The lowest BCUT2D eigenvalue weighted by molar-refractivity contribution is 0.280. The molecule has 114 valence electrons. The van der Waals surface area contributed by atoms with Gasteiger partial charge in [0, 0.05) is 12.6 Å². The topological polar surface area (TPSA) is 66.8 Å². The standard InChI is InChI=1S/C14H23NO4S/c1-5-11(3)15(6-2)20(17,18)14-8-7-12(10-16)9-13(14)19-4/h7-9,11,16H,5-6,10H2,1-4H3. The quantitative estimate of drug-likeness (QED) is 0.836. The molecule has 0 heterocycles. The second-order valence-electron chi connectivity index (χ2n) is 4.61. The van der Waals surface area contributed by atoms with Crippen molar-refractivity contribution in [3.8, 4) is 5.75 Å². The summed E-state index contributed by atoms with van der Waals surface area (Å²) >= 11 is 0. The fourth-order valence-corrected chi connectivity index (χ4v) is 3.92. The Morgan fingerprint density at radius 1 is 1.35 bits per heavy atom. The molecular weight excluding hydrogens is 278 g/mol. The normalized spacial score (nSPS) is 13.5. The highest BCUT2D eigenvalue weighted by Crippen LogP contribution is 2.29. The van der Waals surface area contributed by atoms with Crippen LogP contribution in [0.1, 0.15) is 32.8 Å². The Morgan fingerprint density at radius 2 is 2.00 bits per heavy atom. The molecule has 0 spiro atoms. The van der Waals surface area contributed by atoms with Crippen molar-refractivity contribution in [1.82, 2.24) is 4.31 Å². The molecule has 1 atom stereocenters. The summed E-state index contributed by atoms with van der Waals surface area (Å²) in [6.07, 6.45) is 0.740. The van der Waals surface area contributed by atoms with Gasteiger partial charge >= 0.3 is 0 Å². The number of aliphatic hydroxyl groups is 1. The summed E-state index contributed by atoms with van der Waals surface area (Å²) in [6.45, 7) is 5.91. The number of nitrogens with zero attached hydrogens (tertiary/aromatic N) is 1. The number of hydrogen-bond acceptors (Lipinski definition) is 4. The number of benzene rings is 1. The van der Waals surface area contributed by atoms with E-state index in [0.717, 1.165) is 6.42 Å². The molecule has 0 bridgehead atoms. The highest BCUT2D eigenvalue weighted by molar-refractivity contribution is 7.89. The van der Waals surface area contributed by atoms with E-state index >= 15 is 0 Å². The van der Waals surface area contributed by atoms with Gasteiger partial charge in [0.15, 0.2) is 0 Å². The van der Waals surface area contributed by atoms with Crippen molar-refractivity contribution in [2.75, 3.05) is 13.7 Å². The van der Waals surface area contributed by atoms with E-state index in [4.69, 9.17) is 9.84 Å². The molecule has 1 rings (SSSR count). The van der Waals surface area contributed by atoms with E-state index in [-0.39, 0.29) is 23.3 Å². The zero-order valence-corrected chi connectivity index (χ0v) is 13.3. The third kappa shape index (κ3) is 3.31. The smallest absolute Gasteiger partial charge is 0.246 e. The van der Waals surface area contributed by atoms with Gasteiger partial charge in [0.2, 0.25) is 10.0 Å². The van der Waals surface area contributed by atoms with E-state index in [1.807, 2.05) is 20.8 Å². The van der Waals surface area contributed by atoms with Gasteiger partial charge in [-0.2, -0.15) is 4.31 Å². The highest BCUT2D eigenvalue weighted by atomic mass is 32.2. The number of ether oxygens (including phenoxy) is 1. The molecule has 20 heavy (non-hydrogen) atoms. The molecule has 0 fully saturated rings. The maximum atomic E-state index is 12.7. The average molecular weight is 301 g/mol. The van der Waals surface area contributed by atoms with Crippen molar-refractivity contribution in [2.45, 2.75) is 44.7 Å². The molecule has 0 aliphatic heterocycles. The SMILES string of the molecule is CCC(C)N(CC)S(=O)(=O)c1ccc(CO)cc1OC. The minimum Gasteiger partial charge on any atom is -0.495 e. The summed E-state index contributed by atoms with van der Waals surface area (Å²) in [4.78, 5) is 0.138. The van der Waals surface area contributed by atoms with Crippen molar-refractivity contribution >= 4 is 10.0 Å². The summed E-state index contributed by atoms with van der Waals surface area (Å²) in [5.74, 6) is 0.262. The first-order valence-corrected chi connectivity index (χ1v) is 8.15. The molecular formula is C14H23NO4S. The lowest BCUT2D eigenvalue weighted by Gasteiger charge is -2.27. The van der Waals surface area contributed by atoms with Crippen molar-refractivity contribution in [3.63, 3.8) is 0 Å². The first-order chi connectivity index (χ1) is 9.42. The average Bonchev–Trinajstić information content (AvgIpc) is 2.46.